The number of carbonyl (C=O) groups excluding carboxylic acids is 1. The van der Waals surface area contributed by atoms with E-state index in [0.717, 1.165) is 17.7 Å². The van der Waals surface area contributed by atoms with Crippen molar-refractivity contribution >= 4 is 17.8 Å². The second kappa shape index (κ2) is 4.87. The van der Waals surface area contributed by atoms with E-state index in [4.69, 9.17) is 0 Å². The van der Waals surface area contributed by atoms with E-state index >= 15 is 0 Å². The Morgan fingerprint density at radius 1 is 1.26 bits per heavy atom. The highest BCUT2D eigenvalue weighted by Crippen LogP contribution is 2.29. The molecule has 0 spiro atoms. The van der Waals surface area contributed by atoms with Gasteiger partial charge in [-0.05, 0) is 36.8 Å². The molecule has 3 nitrogen and oxygen atoms in total. The molecule has 1 heterocycles. The summed E-state index contributed by atoms with van der Waals surface area (Å²) in [6, 6.07) is 4.31. The third-order valence-corrected chi connectivity index (χ3v) is 2.72. The molecule has 1 N–H and O–H groups in total. The molecule has 1 amide bonds. The number of hydrogen-bond donors (Lipinski definition) is 1. The Hall–Kier alpha value is -2.11. The fraction of sp³-hybridized carbons (Fsp3) is 0.231. The summed E-state index contributed by atoms with van der Waals surface area (Å²) in [6.07, 6.45) is -2.91. The van der Waals surface area contributed by atoms with Gasteiger partial charge in [-0.1, -0.05) is 0 Å². The third-order valence-electron chi connectivity index (χ3n) is 2.72. The van der Waals surface area contributed by atoms with Gasteiger partial charge in [-0.15, -0.1) is 0 Å². The first-order chi connectivity index (χ1) is 8.88. The zero-order valence-electron chi connectivity index (χ0n) is 10.1. The molecular weight excluding hydrogens is 257 g/mol. The Morgan fingerprint density at radius 2 is 1.89 bits per heavy atom. The molecule has 1 aromatic carbocycles. The molecule has 0 aliphatic carbocycles. The molecular formula is C13H11F3N2O. The van der Waals surface area contributed by atoms with Crippen molar-refractivity contribution in [2.24, 2.45) is 4.99 Å². The first kappa shape index (κ1) is 13.3. The van der Waals surface area contributed by atoms with Crippen LogP contribution in [0.5, 0.6) is 0 Å². The highest BCUT2D eigenvalue weighted by atomic mass is 19.4. The molecule has 6 heteroatoms. The summed E-state index contributed by atoms with van der Waals surface area (Å²) in [5.41, 5.74) is 0.867. The second-order valence-corrected chi connectivity index (χ2v) is 4.19. The fourth-order valence-corrected chi connectivity index (χ4v) is 1.66. The fourth-order valence-electron chi connectivity index (χ4n) is 1.66. The molecule has 1 aliphatic rings. The van der Waals surface area contributed by atoms with Crippen molar-refractivity contribution in [2.75, 3.05) is 11.9 Å². The number of amides is 1. The lowest BCUT2D eigenvalue weighted by molar-refractivity contribution is -0.137. The minimum Gasteiger partial charge on any atom is -0.322 e. The number of benzene rings is 1. The Kier molecular flexibility index (Phi) is 3.42. The van der Waals surface area contributed by atoms with Gasteiger partial charge in [0.2, 0.25) is 0 Å². The standard InChI is InChI=1S/C13H11F3N2O/c1-8-6-17-7-11(8)12(19)18-10-4-2-9(3-5-10)13(14,15)16/h2-5,7H,6H2,1H3,(H,18,19). The van der Waals surface area contributed by atoms with E-state index in [-0.39, 0.29) is 5.91 Å². The molecule has 0 bridgehead atoms. The lowest BCUT2D eigenvalue weighted by Gasteiger charge is -2.09. The monoisotopic (exact) mass is 268 g/mol. The summed E-state index contributed by atoms with van der Waals surface area (Å²) in [5, 5.41) is 2.54. The highest BCUT2D eigenvalue weighted by Gasteiger charge is 2.30. The molecule has 0 aromatic heterocycles. The van der Waals surface area contributed by atoms with Crippen molar-refractivity contribution in [3.8, 4) is 0 Å². The van der Waals surface area contributed by atoms with E-state index < -0.39 is 11.7 Å². The van der Waals surface area contributed by atoms with Crippen LogP contribution >= 0.6 is 0 Å². The summed E-state index contributed by atoms with van der Waals surface area (Å²) >= 11 is 0. The van der Waals surface area contributed by atoms with Gasteiger partial charge in [0.25, 0.3) is 5.91 Å². The van der Waals surface area contributed by atoms with Gasteiger partial charge in [0.05, 0.1) is 17.7 Å². The summed E-state index contributed by atoms with van der Waals surface area (Å²) in [5.74, 6) is -0.362. The number of carbonyl (C=O) groups is 1. The summed E-state index contributed by atoms with van der Waals surface area (Å²) < 4.78 is 37.1. The number of nitrogens with one attached hydrogen (secondary N) is 1. The van der Waals surface area contributed by atoms with Crippen LogP contribution in [0.2, 0.25) is 0 Å². The first-order valence-corrected chi connectivity index (χ1v) is 5.56. The maximum absolute atomic E-state index is 12.4. The van der Waals surface area contributed by atoms with Crippen molar-refractivity contribution < 1.29 is 18.0 Å². The van der Waals surface area contributed by atoms with Crippen molar-refractivity contribution in [3.63, 3.8) is 0 Å². The molecule has 1 aromatic rings. The van der Waals surface area contributed by atoms with Gasteiger partial charge in [-0.25, -0.2) is 0 Å². The predicted octanol–water partition coefficient (Wildman–Crippen LogP) is 3.04. The molecule has 0 saturated heterocycles. The Balaban J connectivity index is 2.10. The first-order valence-electron chi connectivity index (χ1n) is 5.56. The molecule has 0 radical (unpaired) electrons. The van der Waals surface area contributed by atoms with Gasteiger partial charge in [-0.3, -0.25) is 9.79 Å². The van der Waals surface area contributed by atoms with Gasteiger partial charge in [0.15, 0.2) is 0 Å². The molecule has 19 heavy (non-hydrogen) atoms. The number of nitrogens with zero attached hydrogens (tertiary/aromatic N) is 1. The smallest absolute Gasteiger partial charge is 0.322 e. The molecule has 100 valence electrons. The lowest BCUT2D eigenvalue weighted by atomic mass is 10.1. The average molecular weight is 268 g/mol. The van der Waals surface area contributed by atoms with Crippen LogP contribution in [0.15, 0.2) is 40.4 Å². The summed E-state index contributed by atoms with van der Waals surface area (Å²) in [6.45, 7) is 2.27. The van der Waals surface area contributed by atoms with E-state index in [9.17, 15) is 18.0 Å². The van der Waals surface area contributed by atoms with Crippen LogP contribution in [0.25, 0.3) is 0 Å². The number of alkyl halides is 3. The molecule has 0 unspecified atom stereocenters. The normalized spacial score (nSPS) is 14.9. The van der Waals surface area contributed by atoms with Crippen LogP contribution in [0.3, 0.4) is 0 Å². The largest absolute Gasteiger partial charge is 0.416 e. The van der Waals surface area contributed by atoms with Crippen LogP contribution < -0.4 is 5.32 Å². The van der Waals surface area contributed by atoms with E-state index in [1.807, 2.05) is 0 Å². The number of hydrogen-bond acceptors (Lipinski definition) is 2. The predicted molar refractivity (Wildman–Crippen MR) is 66.1 cm³/mol. The number of halogens is 3. The van der Waals surface area contributed by atoms with Crippen LogP contribution in [0, 0.1) is 0 Å². The van der Waals surface area contributed by atoms with E-state index in [1.165, 1.54) is 18.3 Å². The van der Waals surface area contributed by atoms with Crippen LogP contribution in [0.1, 0.15) is 12.5 Å². The van der Waals surface area contributed by atoms with Gasteiger partial charge in [-0.2, -0.15) is 13.2 Å². The zero-order chi connectivity index (χ0) is 14.0. The zero-order valence-corrected chi connectivity index (χ0v) is 10.1. The second-order valence-electron chi connectivity index (χ2n) is 4.19. The molecule has 0 saturated carbocycles. The van der Waals surface area contributed by atoms with Crippen LogP contribution in [-0.4, -0.2) is 18.7 Å². The summed E-state index contributed by atoms with van der Waals surface area (Å²) in [4.78, 5) is 15.8. The summed E-state index contributed by atoms with van der Waals surface area (Å²) in [7, 11) is 0. The topological polar surface area (TPSA) is 41.5 Å². The molecule has 0 atom stereocenters. The minimum atomic E-state index is -4.38. The van der Waals surface area contributed by atoms with E-state index in [2.05, 4.69) is 10.3 Å². The maximum Gasteiger partial charge on any atom is 0.416 e. The van der Waals surface area contributed by atoms with E-state index in [1.54, 1.807) is 6.92 Å². The Morgan fingerprint density at radius 3 is 2.37 bits per heavy atom. The quantitative estimate of drug-likeness (QED) is 0.880. The molecule has 2 rings (SSSR count). The van der Waals surface area contributed by atoms with E-state index in [0.29, 0.717) is 17.8 Å². The Labute approximate surface area is 107 Å². The highest BCUT2D eigenvalue weighted by molar-refractivity contribution is 6.19. The van der Waals surface area contributed by atoms with Gasteiger partial charge in [0, 0.05) is 11.9 Å². The van der Waals surface area contributed by atoms with Crippen molar-refractivity contribution in [3.05, 3.63) is 41.0 Å². The average Bonchev–Trinajstić information content (AvgIpc) is 2.75. The number of rotatable bonds is 2. The minimum absolute atomic E-state index is 0.318. The molecule has 1 aliphatic heterocycles. The van der Waals surface area contributed by atoms with Crippen molar-refractivity contribution in [1.82, 2.24) is 0 Å². The SMILES string of the molecule is CC1=C(C(=O)Nc2ccc(C(F)(F)F)cc2)C=NC1. The molecule has 0 fully saturated rings. The maximum atomic E-state index is 12.4. The van der Waals surface area contributed by atoms with Gasteiger partial charge < -0.3 is 5.32 Å². The van der Waals surface area contributed by atoms with Crippen molar-refractivity contribution in [1.29, 1.82) is 0 Å². The Bertz CT molecular complexity index is 556. The van der Waals surface area contributed by atoms with Gasteiger partial charge >= 0.3 is 6.18 Å². The third kappa shape index (κ3) is 3.01. The number of aliphatic imine (C=N–C) groups is 1. The number of anilines is 1. The van der Waals surface area contributed by atoms with Crippen molar-refractivity contribution in [2.45, 2.75) is 13.1 Å². The van der Waals surface area contributed by atoms with Gasteiger partial charge in [0.1, 0.15) is 0 Å². The van der Waals surface area contributed by atoms with Crippen LogP contribution in [0.4, 0.5) is 18.9 Å². The lowest BCUT2D eigenvalue weighted by Crippen LogP contribution is -2.15. The van der Waals surface area contributed by atoms with Crippen LogP contribution in [-0.2, 0) is 11.0 Å².